The van der Waals surface area contributed by atoms with Gasteiger partial charge in [-0.25, -0.2) is 4.39 Å². The lowest BCUT2D eigenvalue weighted by molar-refractivity contribution is -0.152. The molecule has 2 fully saturated rings. The minimum absolute atomic E-state index is 0.0366. The lowest BCUT2D eigenvalue weighted by atomic mass is 9.67. The Morgan fingerprint density at radius 1 is 1.13 bits per heavy atom. The number of nitrogens with zero attached hydrogens (tertiary/aromatic N) is 1. The van der Waals surface area contributed by atoms with Crippen LogP contribution < -0.4 is 0 Å². The third kappa shape index (κ3) is 3.71. The summed E-state index contributed by atoms with van der Waals surface area (Å²) in [4.78, 5) is 37.5. The van der Waals surface area contributed by atoms with E-state index >= 15 is 0 Å². The number of halogens is 1. The van der Waals surface area contributed by atoms with Gasteiger partial charge in [-0.1, -0.05) is 18.6 Å². The molecule has 2 atom stereocenters. The minimum atomic E-state index is -0.393. The van der Waals surface area contributed by atoms with E-state index < -0.39 is 5.97 Å². The van der Waals surface area contributed by atoms with Gasteiger partial charge in [0.2, 0.25) is 5.78 Å². The number of benzene rings is 1. The highest BCUT2D eigenvalue weighted by atomic mass is 19.1. The lowest BCUT2D eigenvalue weighted by Gasteiger charge is -2.36. The summed E-state index contributed by atoms with van der Waals surface area (Å²) >= 11 is 0. The first-order chi connectivity index (χ1) is 14.4. The average molecular weight is 411 g/mol. The topological polar surface area (TPSA) is 65.4 Å². The van der Waals surface area contributed by atoms with Gasteiger partial charge in [0.15, 0.2) is 6.61 Å². The predicted molar refractivity (Wildman–Crippen MR) is 109 cm³/mol. The Hall–Kier alpha value is -2.76. The maximum atomic E-state index is 14.2. The fraction of sp³-hybridized carbons (Fsp3) is 0.458. The number of carbonyl (C=O) groups excluding carboxylic acids is 3. The quantitative estimate of drug-likeness (QED) is 0.542. The Morgan fingerprint density at radius 3 is 2.47 bits per heavy atom. The van der Waals surface area contributed by atoms with Crippen molar-refractivity contribution in [2.45, 2.75) is 46.0 Å². The number of aromatic nitrogens is 1. The van der Waals surface area contributed by atoms with E-state index in [1.165, 1.54) is 6.07 Å². The zero-order valence-corrected chi connectivity index (χ0v) is 17.3. The van der Waals surface area contributed by atoms with Gasteiger partial charge in [0.05, 0.1) is 11.6 Å². The number of hydrogen-bond donors (Lipinski definition) is 0. The summed E-state index contributed by atoms with van der Waals surface area (Å²) in [5.74, 6) is -1.17. The van der Waals surface area contributed by atoms with Gasteiger partial charge in [0.25, 0.3) is 0 Å². The molecule has 158 valence electrons. The Kier molecular flexibility index (Phi) is 5.58. The van der Waals surface area contributed by atoms with Crippen molar-refractivity contribution < 1.29 is 23.5 Å². The monoisotopic (exact) mass is 411 g/mol. The second-order valence-electron chi connectivity index (χ2n) is 8.50. The van der Waals surface area contributed by atoms with Gasteiger partial charge in [-0.3, -0.25) is 14.4 Å². The molecule has 2 aliphatic rings. The molecule has 1 heterocycles. The van der Waals surface area contributed by atoms with Crippen molar-refractivity contribution in [2.24, 2.45) is 17.8 Å². The van der Waals surface area contributed by atoms with E-state index in [1.54, 1.807) is 42.7 Å². The van der Waals surface area contributed by atoms with Crippen molar-refractivity contribution in [3.8, 4) is 5.69 Å². The van der Waals surface area contributed by atoms with Gasteiger partial charge in [-0.05, 0) is 57.7 Å². The van der Waals surface area contributed by atoms with Crippen LogP contribution in [-0.2, 0) is 14.3 Å². The molecule has 5 nitrogen and oxygen atoms in total. The first-order valence-corrected chi connectivity index (χ1v) is 10.5. The molecule has 1 aromatic heterocycles. The Bertz CT molecular complexity index is 993. The molecule has 0 saturated heterocycles. The first kappa shape index (κ1) is 20.5. The zero-order chi connectivity index (χ0) is 21.4. The number of esters is 1. The van der Waals surface area contributed by atoms with E-state index in [9.17, 15) is 18.8 Å². The number of fused-ring (bicyclic) bond motifs is 2. The van der Waals surface area contributed by atoms with Crippen molar-refractivity contribution in [1.82, 2.24) is 4.57 Å². The van der Waals surface area contributed by atoms with Crippen LogP contribution in [0.3, 0.4) is 0 Å². The molecular weight excluding hydrogens is 385 g/mol. The summed E-state index contributed by atoms with van der Waals surface area (Å²) in [7, 11) is 0. The highest BCUT2D eigenvalue weighted by Crippen LogP contribution is 2.40. The van der Waals surface area contributed by atoms with Crippen LogP contribution in [0.4, 0.5) is 4.39 Å². The van der Waals surface area contributed by atoms with Crippen LogP contribution in [0.25, 0.3) is 5.69 Å². The van der Waals surface area contributed by atoms with E-state index in [1.807, 2.05) is 0 Å². The van der Waals surface area contributed by atoms with E-state index in [-0.39, 0.29) is 36.0 Å². The van der Waals surface area contributed by atoms with Crippen molar-refractivity contribution in [2.75, 3.05) is 6.61 Å². The summed E-state index contributed by atoms with van der Waals surface area (Å²) in [6, 6.07) is 8.09. The van der Waals surface area contributed by atoms with Gasteiger partial charge in [-0.15, -0.1) is 0 Å². The van der Waals surface area contributed by atoms with Crippen LogP contribution >= 0.6 is 0 Å². The van der Waals surface area contributed by atoms with Gasteiger partial charge in [-0.2, -0.15) is 0 Å². The molecule has 2 aliphatic carbocycles. The molecule has 0 radical (unpaired) electrons. The fourth-order valence-electron chi connectivity index (χ4n) is 5.05. The number of rotatable bonds is 5. The SMILES string of the molecule is Cc1cc(C(=O)COC(=O)C2CC3CCCC(C2)C3=O)c(C)n1-c1ccccc1F. The molecule has 2 unspecified atom stereocenters. The number of hydrogen-bond acceptors (Lipinski definition) is 4. The van der Waals surface area contributed by atoms with E-state index in [0.717, 1.165) is 25.0 Å². The van der Waals surface area contributed by atoms with E-state index in [0.29, 0.717) is 35.6 Å². The highest BCUT2D eigenvalue weighted by Gasteiger charge is 2.42. The molecule has 0 aliphatic heterocycles. The second-order valence-corrected chi connectivity index (χ2v) is 8.50. The lowest BCUT2D eigenvalue weighted by Crippen LogP contribution is -2.39. The van der Waals surface area contributed by atoms with Crippen LogP contribution in [0.1, 0.15) is 53.8 Å². The molecule has 4 rings (SSSR count). The van der Waals surface area contributed by atoms with Crippen LogP contribution in [0, 0.1) is 37.4 Å². The third-order valence-corrected chi connectivity index (χ3v) is 6.55. The molecule has 30 heavy (non-hydrogen) atoms. The first-order valence-electron chi connectivity index (χ1n) is 10.5. The summed E-state index contributed by atoms with van der Waals surface area (Å²) in [6.07, 6.45) is 3.80. The van der Waals surface area contributed by atoms with E-state index in [2.05, 4.69) is 0 Å². The maximum absolute atomic E-state index is 14.2. The minimum Gasteiger partial charge on any atom is -0.457 e. The summed E-state index contributed by atoms with van der Waals surface area (Å²) in [6.45, 7) is 3.21. The number of para-hydroxylation sites is 1. The number of ether oxygens (including phenoxy) is 1. The summed E-state index contributed by atoms with van der Waals surface area (Å²) in [5, 5.41) is 0. The molecule has 0 N–H and O–H groups in total. The fourth-order valence-corrected chi connectivity index (χ4v) is 5.05. The highest BCUT2D eigenvalue weighted by molar-refractivity contribution is 5.99. The predicted octanol–water partition coefficient (Wildman–Crippen LogP) is 4.35. The van der Waals surface area contributed by atoms with Gasteiger partial charge >= 0.3 is 5.97 Å². The van der Waals surface area contributed by atoms with Crippen LogP contribution in [0.5, 0.6) is 0 Å². The van der Waals surface area contributed by atoms with Crippen molar-refractivity contribution in [3.05, 3.63) is 53.1 Å². The molecule has 1 aromatic carbocycles. The standard InChI is InChI=1S/C24H26FNO4/c1-14-10-19(15(2)26(14)21-9-4-3-8-20(21)25)22(27)13-30-24(29)18-11-16-6-5-7-17(12-18)23(16)28/h3-4,8-10,16-18H,5-7,11-13H2,1-2H3. The van der Waals surface area contributed by atoms with Crippen LogP contribution in [0.15, 0.2) is 30.3 Å². The molecule has 2 bridgehead atoms. The summed E-state index contributed by atoms with van der Waals surface area (Å²) < 4.78 is 21.3. The number of aryl methyl sites for hydroxylation is 1. The average Bonchev–Trinajstić information content (AvgIpc) is 3.00. The third-order valence-electron chi connectivity index (χ3n) is 6.55. The smallest absolute Gasteiger partial charge is 0.309 e. The molecule has 0 amide bonds. The van der Waals surface area contributed by atoms with Crippen LogP contribution in [-0.4, -0.2) is 28.7 Å². The summed E-state index contributed by atoms with van der Waals surface area (Å²) in [5.41, 5.74) is 2.13. The Balaban J connectivity index is 1.44. The Morgan fingerprint density at radius 2 is 1.80 bits per heavy atom. The molecule has 6 heteroatoms. The van der Waals surface area contributed by atoms with Gasteiger partial charge in [0.1, 0.15) is 11.6 Å². The van der Waals surface area contributed by atoms with Gasteiger partial charge < -0.3 is 9.30 Å². The number of carbonyl (C=O) groups is 3. The zero-order valence-electron chi connectivity index (χ0n) is 17.3. The van der Waals surface area contributed by atoms with Gasteiger partial charge in [0, 0.05) is 28.8 Å². The maximum Gasteiger partial charge on any atom is 0.309 e. The Labute approximate surface area is 175 Å². The van der Waals surface area contributed by atoms with Crippen molar-refractivity contribution in [3.63, 3.8) is 0 Å². The van der Waals surface area contributed by atoms with Crippen molar-refractivity contribution in [1.29, 1.82) is 0 Å². The van der Waals surface area contributed by atoms with Crippen molar-refractivity contribution >= 4 is 17.5 Å². The molecule has 2 aromatic rings. The van der Waals surface area contributed by atoms with E-state index in [4.69, 9.17) is 4.74 Å². The normalized spacial score (nSPS) is 23.3. The number of Topliss-reactive ketones (excluding diaryl/α,β-unsaturated/α-hetero) is 2. The molecule has 2 saturated carbocycles. The number of ketones is 2. The largest absolute Gasteiger partial charge is 0.457 e. The molecular formula is C24H26FNO4. The second kappa shape index (κ2) is 8.17. The molecule has 0 spiro atoms. The van der Waals surface area contributed by atoms with Crippen LogP contribution in [0.2, 0.25) is 0 Å².